The van der Waals surface area contributed by atoms with Gasteiger partial charge in [0.15, 0.2) is 5.82 Å². The van der Waals surface area contributed by atoms with E-state index in [0.717, 1.165) is 30.2 Å². The van der Waals surface area contributed by atoms with Crippen molar-refractivity contribution in [2.24, 2.45) is 7.05 Å². The molecule has 0 saturated heterocycles. The van der Waals surface area contributed by atoms with Gasteiger partial charge in [0.1, 0.15) is 5.69 Å². The van der Waals surface area contributed by atoms with Crippen molar-refractivity contribution in [3.63, 3.8) is 0 Å². The Labute approximate surface area is 107 Å². The quantitative estimate of drug-likeness (QED) is 0.889. The molecular formula is C13H19N5. The number of nitrogens with one attached hydrogen (secondary N) is 1. The summed E-state index contributed by atoms with van der Waals surface area (Å²) in [5, 5.41) is 7.64. The molecule has 0 aliphatic heterocycles. The van der Waals surface area contributed by atoms with Crippen LogP contribution in [0.1, 0.15) is 23.9 Å². The summed E-state index contributed by atoms with van der Waals surface area (Å²) in [5.74, 6) is 0.700. The Morgan fingerprint density at radius 2 is 1.89 bits per heavy atom. The molecule has 1 N–H and O–H groups in total. The molecule has 96 valence electrons. The zero-order chi connectivity index (χ0) is 13.1. The van der Waals surface area contributed by atoms with E-state index in [2.05, 4.69) is 27.3 Å². The van der Waals surface area contributed by atoms with Gasteiger partial charge < -0.3 is 5.32 Å². The summed E-state index contributed by atoms with van der Waals surface area (Å²) >= 11 is 0. The van der Waals surface area contributed by atoms with Crippen molar-refractivity contribution in [3.8, 4) is 11.5 Å². The van der Waals surface area contributed by atoms with E-state index in [1.165, 1.54) is 5.56 Å². The summed E-state index contributed by atoms with van der Waals surface area (Å²) in [6, 6.07) is 1.93. The van der Waals surface area contributed by atoms with Crippen molar-refractivity contribution in [2.75, 3.05) is 6.54 Å². The smallest absolute Gasteiger partial charge is 0.180 e. The highest BCUT2D eigenvalue weighted by Gasteiger charge is 2.11. The SMILES string of the molecule is CCNCc1c(C)nc(-c2ccn(C)n2)nc1C. The van der Waals surface area contributed by atoms with Crippen LogP contribution in [0.15, 0.2) is 12.3 Å². The molecule has 0 aliphatic rings. The summed E-state index contributed by atoms with van der Waals surface area (Å²) in [6.07, 6.45) is 1.90. The summed E-state index contributed by atoms with van der Waals surface area (Å²) in [4.78, 5) is 9.09. The maximum absolute atomic E-state index is 4.54. The minimum absolute atomic E-state index is 0.700. The molecule has 0 unspecified atom stereocenters. The van der Waals surface area contributed by atoms with E-state index in [1.807, 2.05) is 33.2 Å². The highest BCUT2D eigenvalue weighted by atomic mass is 15.3. The van der Waals surface area contributed by atoms with Gasteiger partial charge in [0.2, 0.25) is 0 Å². The molecule has 0 atom stereocenters. The second-order valence-corrected chi connectivity index (χ2v) is 4.35. The van der Waals surface area contributed by atoms with Crippen LogP contribution in [0.25, 0.3) is 11.5 Å². The van der Waals surface area contributed by atoms with Gasteiger partial charge in [-0.15, -0.1) is 0 Å². The molecular weight excluding hydrogens is 226 g/mol. The molecule has 0 radical (unpaired) electrons. The summed E-state index contributed by atoms with van der Waals surface area (Å²) < 4.78 is 1.76. The van der Waals surface area contributed by atoms with Gasteiger partial charge in [0.25, 0.3) is 0 Å². The molecule has 2 heterocycles. The van der Waals surface area contributed by atoms with Gasteiger partial charge in [-0.2, -0.15) is 5.10 Å². The predicted molar refractivity (Wildman–Crippen MR) is 71.1 cm³/mol. The van der Waals surface area contributed by atoms with Crippen LogP contribution in [-0.4, -0.2) is 26.3 Å². The van der Waals surface area contributed by atoms with E-state index in [1.54, 1.807) is 4.68 Å². The molecule has 2 aromatic rings. The van der Waals surface area contributed by atoms with Crippen molar-refractivity contribution in [1.29, 1.82) is 0 Å². The fourth-order valence-electron chi connectivity index (χ4n) is 1.89. The third kappa shape index (κ3) is 2.56. The minimum atomic E-state index is 0.700. The number of aromatic nitrogens is 4. The van der Waals surface area contributed by atoms with Crippen LogP contribution in [-0.2, 0) is 13.6 Å². The van der Waals surface area contributed by atoms with Gasteiger partial charge in [-0.05, 0) is 26.5 Å². The van der Waals surface area contributed by atoms with E-state index in [9.17, 15) is 0 Å². The lowest BCUT2D eigenvalue weighted by Gasteiger charge is -2.10. The summed E-state index contributed by atoms with van der Waals surface area (Å²) in [7, 11) is 1.89. The highest BCUT2D eigenvalue weighted by molar-refractivity contribution is 5.49. The Balaban J connectivity index is 2.36. The van der Waals surface area contributed by atoms with Crippen LogP contribution in [0, 0.1) is 13.8 Å². The number of nitrogens with zero attached hydrogens (tertiary/aromatic N) is 4. The van der Waals surface area contributed by atoms with Crippen LogP contribution in [0.2, 0.25) is 0 Å². The maximum atomic E-state index is 4.54. The number of aryl methyl sites for hydroxylation is 3. The first-order valence-electron chi connectivity index (χ1n) is 6.16. The second kappa shape index (κ2) is 5.27. The topological polar surface area (TPSA) is 55.6 Å². The molecule has 2 aromatic heterocycles. The largest absolute Gasteiger partial charge is 0.313 e. The first kappa shape index (κ1) is 12.7. The van der Waals surface area contributed by atoms with Gasteiger partial charge in [-0.3, -0.25) is 4.68 Å². The third-order valence-corrected chi connectivity index (χ3v) is 2.92. The van der Waals surface area contributed by atoms with E-state index in [-0.39, 0.29) is 0 Å². The maximum Gasteiger partial charge on any atom is 0.180 e. The predicted octanol–water partition coefficient (Wildman–Crippen LogP) is 1.60. The van der Waals surface area contributed by atoms with E-state index < -0.39 is 0 Å². The van der Waals surface area contributed by atoms with Gasteiger partial charge in [0, 0.05) is 36.7 Å². The lowest BCUT2D eigenvalue weighted by Crippen LogP contribution is -2.15. The molecule has 18 heavy (non-hydrogen) atoms. The lowest BCUT2D eigenvalue weighted by molar-refractivity contribution is 0.710. The zero-order valence-electron chi connectivity index (χ0n) is 11.4. The minimum Gasteiger partial charge on any atom is -0.313 e. The van der Waals surface area contributed by atoms with Crippen molar-refractivity contribution < 1.29 is 0 Å². The van der Waals surface area contributed by atoms with Crippen LogP contribution < -0.4 is 5.32 Å². The Morgan fingerprint density at radius 3 is 2.39 bits per heavy atom. The van der Waals surface area contributed by atoms with E-state index in [0.29, 0.717) is 5.82 Å². The number of rotatable bonds is 4. The summed E-state index contributed by atoms with van der Waals surface area (Å²) in [5.41, 5.74) is 4.03. The van der Waals surface area contributed by atoms with Crippen LogP contribution in [0.3, 0.4) is 0 Å². The molecule has 2 rings (SSSR count). The molecule has 0 aromatic carbocycles. The average Bonchev–Trinajstić information content (AvgIpc) is 2.75. The lowest BCUT2D eigenvalue weighted by atomic mass is 10.1. The molecule has 0 amide bonds. The van der Waals surface area contributed by atoms with Crippen LogP contribution >= 0.6 is 0 Å². The van der Waals surface area contributed by atoms with Gasteiger partial charge in [0.05, 0.1) is 0 Å². The Bertz CT molecular complexity index is 521. The first-order chi connectivity index (χ1) is 8.61. The van der Waals surface area contributed by atoms with Gasteiger partial charge >= 0.3 is 0 Å². The van der Waals surface area contributed by atoms with Gasteiger partial charge in [-0.1, -0.05) is 6.92 Å². The summed E-state index contributed by atoms with van der Waals surface area (Å²) in [6.45, 7) is 7.90. The first-order valence-corrected chi connectivity index (χ1v) is 6.16. The standard InChI is InChI=1S/C13H19N5/c1-5-14-8-11-9(2)15-13(16-10(11)3)12-6-7-18(4)17-12/h6-7,14H,5,8H2,1-4H3. The fraction of sp³-hybridized carbons (Fsp3) is 0.462. The Morgan fingerprint density at radius 1 is 1.22 bits per heavy atom. The van der Waals surface area contributed by atoms with E-state index in [4.69, 9.17) is 0 Å². The average molecular weight is 245 g/mol. The highest BCUT2D eigenvalue weighted by Crippen LogP contribution is 2.16. The van der Waals surface area contributed by atoms with E-state index >= 15 is 0 Å². The third-order valence-electron chi connectivity index (χ3n) is 2.92. The molecule has 0 saturated carbocycles. The molecule has 5 heteroatoms. The number of hydrogen-bond donors (Lipinski definition) is 1. The fourth-order valence-corrected chi connectivity index (χ4v) is 1.89. The van der Waals surface area contributed by atoms with Gasteiger partial charge in [-0.25, -0.2) is 9.97 Å². The number of hydrogen-bond acceptors (Lipinski definition) is 4. The van der Waals surface area contributed by atoms with Crippen molar-refractivity contribution in [3.05, 3.63) is 29.2 Å². The molecule has 0 spiro atoms. The van der Waals surface area contributed by atoms with Crippen LogP contribution in [0.4, 0.5) is 0 Å². The van der Waals surface area contributed by atoms with Crippen molar-refractivity contribution in [1.82, 2.24) is 25.1 Å². The molecule has 0 fully saturated rings. The Hall–Kier alpha value is -1.75. The zero-order valence-corrected chi connectivity index (χ0v) is 11.4. The second-order valence-electron chi connectivity index (χ2n) is 4.35. The Kier molecular flexibility index (Phi) is 3.72. The normalized spacial score (nSPS) is 10.9. The van der Waals surface area contributed by atoms with Crippen LogP contribution in [0.5, 0.6) is 0 Å². The van der Waals surface area contributed by atoms with Crippen molar-refractivity contribution >= 4 is 0 Å². The molecule has 5 nitrogen and oxygen atoms in total. The molecule has 0 aliphatic carbocycles. The molecule has 0 bridgehead atoms. The van der Waals surface area contributed by atoms with Crippen molar-refractivity contribution in [2.45, 2.75) is 27.3 Å². The monoisotopic (exact) mass is 245 g/mol.